The summed E-state index contributed by atoms with van der Waals surface area (Å²) >= 11 is 0. The second kappa shape index (κ2) is 8.28. The van der Waals surface area contributed by atoms with Crippen LogP contribution in [-0.4, -0.2) is 29.7 Å². The van der Waals surface area contributed by atoms with Crippen LogP contribution in [0.3, 0.4) is 0 Å². The Morgan fingerprint density at radius 1 is 1.08 bits per heavy atom. The molecule has 1 fully saturated rings. The highest BCUT2D eigenvalue weighted by atomic mass is 16.2. The van der Waals surface area contributed by atoms with Gasteiger partial charge in [-0.05, 0) is 57.5 Å². The maximum absolute atomic E-state index is 12.5. The van der Waals surface area contributed by atoms with E-state index in [1.54, 1.807) is 18.2 Å². The van der Waals surface area contributed by atoms with Gasteiger partial charge in [0.15, 0.2) is 5.78 Å². The number of anilines is 1. The number of nitrogens with zero attached hydrogens (tertiary/aromatic N) is 1. The molecule has 0 unspecified atom stereocenters. The second-order valence-electron chi connectivity index (χ2n) is 7.16. The fourth-order valence-corrected chi connectivity index (χ4v) is 3.37. The van der Waals surface area contributed by atoms with Crippen LogP contribution in [0, 0.1) is 12.8 Å². The average Bonchev–Trinajstić information content (AvgIpc) is 2.64. The summed E-state index contributed by atoms with van der Waals surface area (Å²) in [5.41, 5.74) is 3.91. The van der Waals surface area contributed by atoms with E-state index in [9.17, 15) is 9.59 Å². The maximum Gasteiger partial charge on any atom is 0.227 e. The molecule has 1 aliphatic rings. The highest BCUT2D eigenvalue weighted by molar-refractivity contribution is 5.97. The summed E-state index contributed by atoms with van der Waals surface area (Å²) in [6.45, 7) is 6.43. The molecule has 4 nitrogen and oxygen atoms in total. The van der Waals surface area contributed by atoms with E-state index >= 15 is 0 Å². The first kappa shape index (κ1) is 18.3. The molecule has 0 radical (unpaired) electrons. The van der Waals surface area contributed by atoms with Gasteiger partial charge in [-0.15, -0.1) is 0 Å². The van der Waals surface area contributed by atoms with Crippen molar-refractivity contribution in [1.82, 2.24) is 4.90 Å². The molecule has 3 rings (SSSR count). The molecule has 0 aliphatic carbocycles. The highest BCUT2D eigenvalue weighted by Gasteiger charge is 2.25. The molecular formula is C22H26N2O2. The Morgan fingerprint density at radius 2 is 1.77 bits per heavy atom. The van der Waals surface area contributed by atoms with Crippen molar-refractivity contribution in [2.45, 2.75) is 33.2 Å². The first-order valence-electron chi connectivity index (χ1n) is 9.21. The molecule has 0 saturated carbocycles. The number of nitrogens with one attached hydrogen (secondary N) is 1. The topological polar surface area (TPSA) is 49.4 Å². The number of benzene rings is 2. The number of carbonyl (C=O) groups excluding carboxylic acids is 2. The quantitative estimate of drug-likeness (QED) is 0.828. The van der Waals surface area contributed by atoms with Crippen LogP contribution in [0.15, 0.2) is 48.5 Å². The average molecular weight is 350 g/mol. The maximum atomic E-state index is 12.5. The van der Waals surface area contributed by atoms with Crippen molar-refractivity contribution >= 4 is 17.4 Å². The van der Waals surface area contributed by atoms with Crippen LogP contribution in [0.4, 0.5) is 5.69 Å². The van der Waals surface area contributed by atoms with Gasteiger partial charge in [-0.1, -0.05) is 42.0 Å². The van der Waals surface area contributed by atoms with E-state index in [4.69, 9.17) is 0 Å². The second-order valence-corrected chi connectivity index (χ2v) is 7.16. The molecule has 1 N–H and O–H groups in total. The number of piperidine rings is 1. The summed E-state index contributed by atoms with van der Waals surface area (Å²) in [6, 6.07) is 15.8. The van der Waals surface area contributed by atoms with E-state index in [1.807, 2.05) is 6.07 Å². The molecule has 0 atom stereocenters. The number of carbonyl (C=O) groups is 2. The predicted molar refractivity (Wildman–Crippen MR) is 104 cm³/mol. The van der Waals surface area contributed by atoms with Crippen LogP contribution in [0.2, 0.25) is 0 Å². The van der Waals surface area contributed by atoms with E-state index in [0.29, 0.717) is 11.3 Å². The fourth-order valence-electron chi connectivity index (χ4n) is 3.37. The van der Waals surface area contributed by atoms with Crippen LogP contribution in [0.5, 0.6) is 0 Å². The molecule has 136 valence electrons. The third kappa shape index (κ3) is 4.79. The molecule has 4 heteroatoms. The van der Waals surface area contributed by atoms with E-state index in [2.05, 4.69) is 41.4 Å². The zero-order valence-corrected chi connectivity index (χ0v) is 15.5. The predicted octanol–water partition coefficient (Wildman–Crippen LogP) is 4.05. The van der Waals surface area contributed by atoms with Crippen molar-refractivity contribution in [1.29, 1.82) is 0 Å². The van der Waals surface area contributed by atoms with Gasteiger partial charge in [-0.3, -0.25) is 14.5 Å². The zero-order valence-electron chi connectivity index (χ0n) is 15.5. The van der Waals surface area contributed by atoms with Crippen LogP contribution < -0.4 is 5.32 Å². The van der Waals surface area contributed by atoms with E-state index in [-0.39, 0.29) is 17.6 Å². The fraction of sp³-hybridized carbons (Fsp3) is 0.364. The van der Waals surface area contributed by atoms with Crippen molar-refractivity contribution in [3.8, 4) is 0 Å². The molecular weight excluding hydrogens is 324 g/mol. The molecule has 0 bridgehead atoms. The van der Waals surface area contributed by atoms with Gasteiger partial charge in [0.1, 0.15) is 0 Å². The summed E-state index contributed by atoms with van der Waals surface area (Å²) in [6.07, 6.45) is 1.73. The summed E-state index contributed by atoms with van der Waals surface area (Å²) < 4.78 is 0. The van der Waals surface area contributed by atoms with Gasteiger partial charge in [0.05, 0.1) is 0 Å². The van der Waals surface area contributed by atoms with E-state index in [0.717, 1.165) is 32.5 Å². The Morgan fingerprint density at radius 3 is 2.42 bits per heavy atom. The lowest BCUT2D eigenvalue weighted by Gasteiger charge is -2.31. The van der Waals surface area contributed by atoms with E-state index in [1.165, 1.54) is 18.1 Å². The van der Waals surface area contributed by atoms with Gasteiger partial charge in [-0.2, -0.15) is 0 Å². The van der Waals surface area contributed by atoms with Crippen LogP contribution >= 0.6 is 0 Å². The lowest BCUT2D eigenvalue weighted by molar-refractivity contribution is -0.121. The minimum absolute atomic E-state index is 0.00510. The minimum Gasteiger partial charge on any atom is -0.326 e. The van der Waals surface area contributed by atoms with Gasteiger partial charge in [-0.25, -0.2) is 0 Å². The van der Waals surface area contributed by atoms with Crippen molar-refractivity contribution in [3.05, 3.63) is 65.2 Å². The lowest BCUT2D eigenvalue weighted by atomic mass is 9.95. The molecule has 2 aromatic rings. The van der Waals surface area contributed by atoms with Gasteiger partial charge >= 0.3 is 0 Å². The van der Waals surface area contributed by atoms with Gasteiger partial charge in [0.2, 0.25) is 5.91 Å². The number of hydrogen-bond donors (Lipinski definition) is 1. The number of rotatable bonds is 5. The Kier molecular flexibility index (Phi) is 5.84. The number of Topliss-reactive ketones (excluding diaryl/α,β-unsaturated/α-hetero) is 1. The SMILES string of the molecule is CC(=O)c1cccc(NC(=O)C2CCN(Cc3ccc(C)cc3)CC2)c1. The summed E-state index contributed by atoms with van der Waals surface area (Å²) in [7, 11) is 0. The van der Waals surface area contributed by atoms with Crippen molar-refractivity contribution < 1.29 is 9.59 Å². The molecule has 1 amide bonds. The van der Waals surface area contributed by atoms with Crippen LogP contribution in [0.25, 0.3) is 0 Å². The van der Waals surface area contributed by atoms with Crippen LogP contribution in [0.1, 0.15) is 41.3 Å². The monoisotopic (exact) mass is 350 g/mol. The third-order valence-electron chi connectivity index (χ3n) is 5.02. The summed E-state index contributed by atoms with van der Waals surface area (Å²) in [5.74, 6) is 0.0939. The molecule has 26 heavy (non-hydrogen) atoms. The Balaban J connectivity index is 1.51. The number of aryl methyl sites for hydroxylation is 1. The van der Waals surface area contributed by atoms with Crippen LogP contribution in [-0.2, 0) is 11.3 Å². The Labute approximate surface area is 155 Å². The Bertz CT molecular complexity index is 775. The molecule has 1 saturated heterocycles. The number of ketones is 1. The highest BCUT2D eigenvalue weighted by Crippen LogP contribution is 2.21. The third-order valence-corrected chi connectivity index (χ3v) is 5.02. The lowest BCUT2D eigenvalue weighted by Crippen LogP contribution is -2.37. The largest absolute Gasteiger partial charge is 0.326 e. The molecule has 0 spiro atoms. The first-order chi connectivity index (χ1) is 12.5. The van der Waals surface area contributed by atoms with Crippen molar-refractivity contribution in [2.75, 3.05) is 18.4 Å². The van der Waals surface area contributed by atoms with Crippen molar-refractivity contribution in [2.24, 2.45) is 5.92 Å². The van der Waals surface area contributed by atoms with Crippen molar-refractivity contribution in [3.63, 3.8) is 0 Å². The summed E-state index contributed by atoms with van der Waals surface area (Å²) in [4.78, 5) is 26.4. The summed E-state index contributed by atoms with van der Waals surface area (Å²) in [5, 5.41) is 2.97. The number of hydrogen-bond acceptors (Lipinski definition) is 3. The van der Waals surface area contributed by atoms with Gasteiger partial charge in [0, 0.05) is 23.7 Å². The molecule has 2 aromatic carbocycles. The first-order valence-corrected chi connectivity index (χ1v) is 9.21. The normalized spacial score (nSPS) is 15.6. The minimum atomic E-state index is 0.00510. The molecule has 0 aromatic heterocycles. The molecule has 1 heterocycles. The number of amides is 1. The standard InChI is InChI=1S/C22H26N2O2/c1-16-6-8-18(9-7-16)15-24-12-10-19(11-13-24)22(26)23-21-5-3-4-20(14-21)17(2)25/h3-9,14,19H,10-13,15H2,1-2H3,(H,23,26). The Hall–Kier alpha value is -2.46. The van der Waals surface area contributed by atoms with E-state index < -0.39 is 0 Å². The van der Waals surface area contributed by atoms with Gasteiger partial charge in [0.25, 0.3) is 0 Å². The number of likely N-dealkylation sites (tertiary alicyclic amines) is 1. The van der Waals surface area contributed by atoms with Gasteiger partial charge < -0.3 is 5.32 Å². The zero-order chi connectivity index (χ0) is 18.5. The smallest absolute Gasteiger partial charge is 0.227 e. The molecule has 1 aliphatic heterocycles.